The maximum atomic E-state index is 13.9. The Morgan fingerprint density at radius 3 is 2.73 bits per heavy atom. The fourth-order valence-corrected chi connectivity index (χ4v) is 3.22. The second kappa shape index (κ2) is 4.50. The molecule has 0 aliphatic heterocycles. The van der Waals surface area contributed by atoms with Gasteiger partial charge in [-0.2, -0.15) is 0 Å². The summed E-state index contributed by atoms with van der Waals surface area (Å²) >= 11 is 6.47. The van der Waals surface area contributed by atoms with Crippen LogP contribution in [0.15, 0.2) is 10.5 Å². The molecule has 0 saturated carbocycles. The Morgan fingerprint density at radius 2 is 2.00 bits per heavy atom. The van der Waals surface area contributed by atoms with Crippen molar-refractivity contribution in [2.24, 2.45) is 0 Å². The van der Waals surface area contributed by atoms with Crippen molar-refractivity contribution in [1.82, 2.24) is 0 Å². The zero-order valence-electron chi connectivity index (χ0n) is 7.99. The molecule has 0 spiro atoms. The molecule has 1 aromatic carbocycles. The highest BCUT2D eigenvalue weighted by molar-refractivity contribution is 9.10. The quantitative estimate of drug-likeness (QED) is 0.358. The number of fused-ring (bicyclic) bond motifs is 1. The van der Waals surface area contributed by atoms with Crippen LogP contribution >= 0.6 is 31.9 Å². The highest BCUT2D eigenvalue weighted by atomic mass is 79.9. The molecule has 0 aromatic heterocycles. The first-order chi connectivity index (χ1) is 7.11. The van der Waals surface area contributed by atoms with E-state index in [9.17, 15) is 8.78 Å². The third-order valence-electron chi connectivity index (χ3n) is 2.76. The predicted molar refractivity (Wildman–Crippen MR) is 63.3 cm³/mol. The van der Waals surface area contributed by atoms with Gasteiger partial charge in [0.25, 0.3) is 0 Å². The molecule has 0 nitrogen and oxygen atoms in total. The number of alkyl halides is 1. The molecular weight excluding hydrogens is 330 g/mol. The van der Waals surface area contributed by atoms with Gasteiger partial charge in [0.15, 0.2) is 0 Å². The van der Waals surface area contributed by atoms with Crippen LogP contribution in [0.1, 0.15) is 35.2 Å². The lowest BCUT2D eigenvalue weighted by atomic mass is 10.0. The monoisotopic (exact) mass is 338 g/mol. The van der Waals surface area contributed by atoms with Crippen molar-refractivity contribution in [2.45, 2.75) is 30.5 Å². The summed E-state index contributed by atoms with van der Waals surface area (Å²) in [5.41, 5.74) is 1.04. The molecule has 15 heavy (non-hydrogen) atoms. The van der Waals surface area contributed by atoms with Crippen molar-refractivity contribution in [1.29, 1.82) is 0 Å². The molecule has 4 heteroatoms. The molecule has 0 saturated heterocycles. The molecule has 0 radical (unpaired) electrons. The van der Waals surface area contributed by atoms with E-state index >= 15 is 0 Å². The highest BCUT2D eigenvalue weighted by Gasteiger charge is 2.24. The fraction of sp³-hybridized carbons (Fsp3) is 0.455. The number of halogens is 4. The van der Waals surface area contributed by atoms with E-state index in [1.54, 1.807) is 0 Å². The van der Waals surface area contributed by atoms with E-state index in [0.717, 1.165) is 19.3 Å². The molecule has 1 aromatic rings. The average Bonchev–Trinajstić information content (AvgIpc) is 2.37. The average molecular weight is 340 g/mol. The number of hydrogen-bond donors (Lipinski definition) is 0. The van der Waals surface area contributed by atoms with Gasteiger partial charge in [0.2, 0.25) is 0 Å². The van der Waals surface area contributed by atoms with Crippen molar-refractivity contribution in [3.8, 4) is 0 Å². The van der Waals surface area contributed by atoms with Gasteiger partial charge in [0.1, 0.15) is 11.6 Å². The van der Waals surface area contributed by atoms with Crippen molar-refractivity contribution in [2.75, 3.05) is 0 Å². The summed E-state index contributed by atoms with van der Waals surface area (Å²) in [5, 5.41) is 0. The van der Waals surface area contributed by atoms with Crippen molar-refractivity contribution >= 4 is 31.9 Å². The van der Waals surface area contributed by atoms with Crippen LogP contribution in [0.5, 0.6) is 0 Å². The van der Waals surface area contributed by atoms with Crippen LogP contribution in [-0.2, 0) is 6.42 Å². The lowest BCUT2D eigenvalue weighted by Gasteiger charge is -2.14. The van der Waals surface area contributed by atoms with Gasteiger partial charge in [-0.25, -0.2) is 8.78 Å². The standard InChI is InChI=1S/C11H10Br2F2/c12-7-4-2-1-3-6-9(14)5-8(13)11(15)10(6)7/h5,7H,1-4H2. The van der Waals surface area contributed by atoms with E-state index in [1.165, 1.54) is 6.07 Å². The summed E-state index contributed by atoms with van der Waals surface area (Å²) < 4.78 is 27.7. The van der Waals surface area contributed by atoms with E-state index in [2.05, 4.69) is 31.9 Å². The van der Waals surface area contributed by atoms with Crippen LogP contribution in [0.4, 0.5) is 8.78 Å². The second-order valence-corrected chi connectivity index (χ2v) is 5.72. The Hall–Kier alpha value is 0.0400. The largest absolute Gasteiger partial charge is 0.207 e. The summed E-state index contributed by atoms with van der Waals surface area (Å²) in [6, 6.07) is 1.22. The number of rotatable bonds is 0. The van der Waals surface area contributed by atoms with Gasteiger partial charge in [0.05, 0.1) is 4.47 Å². The summed E-state index contributed by atoms with van der Waals surface area (Å²) in [7, 11) is 0. The molecule has 82 valence electrons. The van der Waals surface area contributed by atoms with Crippen molar-refractivity contribution < 1.29 is 8.78 Å². The molecule has 2 rings (SSSR count). The number of hydrogen-bond acceptors (Lipinski definition) is 0. The van der Waals surface area contributed by atoms with E-state index < -0.39 is 0 Å². The zero-order chi connectivity index (χ0) is 11.0. The minimum Gasteiger partial charge on any atom is -0.207 e. The van der Waals surface area contributed by atoms with Crippen molar-refractivity contribution in [3.05, 3.63) is 33.3 Å². The van der Waals surface area contributed by atoms with Crippen LogP contribution in [0.3, 0.4) is 0 Å². The molecule has 1 aliphatic rings. The lowest BCUT2D eigenvalue weighted by Crippen LogP contribution is -2.02. The normalized spacial score (nSPS) is 20.9. The van der Waals surface area contributed by atoms with Gasteiger partial charge in [-0.15, -0.1) is 0 Å². The fourth-order valence-electron chi connectivity index (χ4n) is 2.00. The Morgan fingerprint density at radius 1 is 1.27 bits per heavy atom. The van der Waals surface area contributed by atoms with Crippen LogP contribution in [0.2, 0.25) is 0 Å². The van der Waals surface area contributed by atoms with Gasteiger partial charge >= 0.3 is 0 Å². The van der Waals surface area contributed by atoms with E-state index in [4.69, 9.17) is 0 Å². The van der Waals surface area contributed by atoms with E-state index in [-0.39, 0.29) is 20.9 Å². The van der Waals surface area contributed by atoms with Crippen LogP contribution in [0, 0.1) is 11.6 Å². The molecule has 1 atom stereocenters. The summed E-state index contributed by atoms with van der Waals surface area (Å²) in [5.74, 6) is -0.625. The molecule has 0 N–H and O–H groups in total. The Kier molecular flexibility index (Phi) is 3.45. The third-order valence-corrected chi connectivity index (χ3v) is 4.25. The topological polar surface area (TPSA) is 0 Å². The highest BCUT2D eigenvalue weighted by Crippen LogP contribution is 2.39. The Bertz CT molecular complexity index is 391. The lowest BCUT2D eigenvalue weighted by molar-refractivity contribution is 0.567. The molecule has 0 bridgehead atoms. The molecular formula is C11H10Br2F2. The maximum absolute atomic E-state index is 13.9. The molecule has 1 aliphatic carbocycles. The first kappa shape index (κ1) is 11.5. The first-order valence-corrected chi connectivity index (χ1v) is 6.62. The van der Waals surface area contributed by atoms with Gasteiger partial charge in [0, 0.05) is 10.4 Å². The van der Waals surface area contributed by atoms with Crippen LogP contribution in [-0.4, -0.2) is 0 Å². The smallest absolute Gasteiger partial charge is 0.142 e. The summed E-state index contributed by atoms with van der Waals surface area (Å²) in [4.78, 5) is -0.0676. The van der Waals surface area contributed by atoms with Gasteiger partial charge in [-0.3, -0.25) is 0 Å². The first-order valence-electron chi connectivity index (χ1n) is 4.91. The third kappa shape index (κ3) is 2.11. The molecule has 0 heterocycles. The molecule has 0 amide bonds. The SMILES string of the molecule is Fc1cc(Br)c(F)c2c1CCCCC2Br. The minimum atomic E-state index is -0.324. The molecule has 0 fully saturated rings. The van der Waals surface area contributed by atoms with E-state index in [0.29, 0.717) is 17.5 Å². The van der Waals surface area contributed by atoms with Crippen molar-refractivity contribution in [3.63, 3.8) is 0 Å². The molecule has 1 unspecified atom stereocenters. The Balaban J connectivity index is 2.63. The second-order valence-electron chi connectivity index (χ2n) is 3.76. The minimum absolute atomic E-state index is 0.0676. The summed E-state index contributed by atoms with van der Waals surface area (Å²) in [6.07, 6.45) is 3.42. The summed E-state index contributed by atoms with van der Waals surface area (Å²) in [6.45, 7) is 0. The Labute approximate surface area is 104 Å². The van der Waals surface area contributed by atoms with E-state index in [1.807, 2.05) is 0 Å². The maximum Gasteiger partial charge on any atom is 0.142 e. The van der Waals surface area contributed by atoms with Crippen LogP contribution < -0.4 is 0 Å². The predicted octanol–water partition coefficient (Wildman–Crippen LogP) is 4.89. The zero-order valence-corrected chi connectivity index (χ0v) is 11.2. The van der Waals surface area contributed by atoms with Crippen LogP contribution in [0.25, 0.3) is 0 Å². The number of benzene rings is 1. The van der Waals surface area contributed by atoms with Gasteiger partial charge in [-0.1, -0.05) is 22.4 Å². The van der Waals surface area contributed by atoms with Gasteiger partial charge in [-0.05, 0) is 46.8 Å². The van der Waals surface area contributed by atoms with Gasteiger partial charge < -0.3 is 0 Å².